The summed E-state index contributed by atoms with van der Waals surface area (Å²) in [5.41, 5.74) is 0. The predicted octanol–water partition coefficient (Wildman–Crippen LogP) is 1.03. The minimum absolute atomic E-state index is 1.65. The fourth-order valence-corrected chi connectivity index (χ4v) is 0. The molecule has 0 aromatic rings. The third-order valence-electron chi connectivity index (χ3n) is 0.118. The van der Waals surface area contributed by atoms with E-state index in [0.29, 0.717) is 0 Å². The Bertz CT molecular complexity index is 22.0. The molecule has 0 amide bonds. The van der Waals surface area contributed by atoms with E-state index in [0.717, 1.165) is 0 Å². The molecule has 0 aliphatic rings. The van der Waals surface area contributed by atoms with E-state index in [4.69, 9.17) is 0 Å². The van der Waals surface area contributed by atoms with Crippen molar-refractivity contribution in [3.05, 3.63) is 0 Å². The Morgan fingerprint density at radius 3 is 2.25 bits per heavy atom. The zero-order valence-corrected chi connectivity index (χ0v) is 4.30. The monoisotopic (exact) mass is 90.0 g/mol. The molecule has 0 saturated carbocycles. The summed E-state index contributed by atoms with van der Waals surface area (Å²) in [6.45, 7) is 0. The molecule has 0 aliphatic carbocycles. The first kappa shape index (κ1) is 4.71. The summed E-state index contributed by atoms with van der Waals surface area (Å²) in [7, 11) is 3.13. The summed E-state index contributed by atoms with van der Waals surface area (Å²) in [4.78, 5) is 0. The van der Waals surface area contributed by atoms with E-state index in [1.807, 2.05) is 12.2 Å². The molecule has 0 heterocycles. The summed E-state index contributed by atoms with van der Waals surface area (Å²) in [5, 5.41) is 0. The van der Waals surface area contributed by atoms with Gasteiger partial charge in [0.25, 0.3) is 0 Å². The van der Waals surface area contributed by atoms with Crippen LogP contribution >= 0.6 is 20.3 Å². The van der Waals surface area contributed by atoms with Crippen LogP contribution in [0.1, 0.15) is 0 Å². The Hall–Kier alpha value is 0.715. The van der Waals surface area contributed by atoms with Crippen LogP contribution in [0, 0.1) is 0 Å². The van der Waals surface area contributed by atoms with Gasteiger partial charge in [0.15, 0.2) is 0 Å². The van der Waals surface area contributed by atoms with Gasteiger partial charge in [-0.05, 0) is 0 Å². The summed E-state index contributed by atoms with van der Waals surface area (Å²) in [6, 6.07) is 0. The van der Waals surface area contributed by atoms with E-state index >= 15 is 0 Å². The average molecular weight is 89.9 g/mol. The average Bonchev–Trinajstić information content (AvgIpc) is 1.37. The van der Waals surface area contributed by atoms with Crippen LogP contribution in [-0.4, -0.2) is 12.2 Å². The molecule has 4 heavy (non-hydrogen) atoms. The van der Waals surface area contributed by atoms with Crippen LogP contribution in [0.5, 0.6) is 0 Å². The van der Waals surface area contributed by atoms with Gasteiger partial charge in [-0.25, -0.2) is 0 Å². The zero-order valence-electron chi connectivity index (χ0n) is 2.49. The number of rotatable bonds is 1. The van der Waals surface area contributed by atoms with Crippen LogP contribution in [0.3, 0.4) is 0 Å². The molecule has 0 aliphatic heterocycles. The topological polar surface area (TPSA) is 0 Å². The van der Waals surface area contributed by atoms with E-state index in [2.05, 4.69) is 8.73 Å². The maximum atomic E-state index is 3.13. The maximum absolute atomic E-state index is 3.13. The first-order chi connectivity index (χ1) is 1.91. The van der Waals surface area contributed by atoms with Crippen molar-refractivity contribution < 1.29 is 0 Å². The molecule has 0 spiro atoms. The molecule has 0 saturated heterocycles. The van der Waals surface area contributed by atoms with Crippen LogP contribution in [0.4, 0.5) is 0 Å². The molecular formula is CH4BPS. The summed E-state index contributed by atoms with van der Waals surface area (Å²) >= 11 is 1.65. The SMILES string of the molecule is CSB=P. The molecule has 3 heteroatoms. The van der Waals surface area contributed by atoms with E-state index in [1.54, 1.807) is 11.6 Å². The Morgan fingerprint density at radius 1 is 2.00 bits per heavy atom. The van der Waals surface area contributed by atoms with E-state index in [9.17, 15) is 0 Å². The van der Waals surface area contributed by atoms with Gasteiger partial charge in [0.1, 0.15) is 0 Å². The molecular weight excluding hydrogens is 85.9 g/mol. The van der Waals surface area contributed by atoms with Gasteiger partial charge < -0.3 is 0 Å². The molecule has 0 fully saturated rings. The fourth-order valence-electron chi connectivity index (χ4n) is 0. The molecule has 0 radical (unpaired) electrons. The number of hydrogen-bond donors (Lipinski definition) is 0. The second kappa shape index (κ2) is 3.71. The van der Waals surface area contributed by atoms with E-state index < -0.39 is 0 Å². The second-order valence-corrected chi connectivity index (χ2v) is 1.77. The third-order valence-corrected chi connectivity index (χ3v) is 1.06. The summed E-state index contributed by atoms with van der Waals surface area (Å²) in [5.74, 6) is 1.85. The van der Waals surface area contributed by atoms with Crippen molar-refractivity contribution in [1.29, 1.82) is 0 Å². The van der Waals surface area contributed by atoms with Gasteiger partial charge in [0.05, 0.1) is 0 Å². The van der Waals surface area contributed by atoms with Crippen LogP contribution in [0.25, 0.3) is 0 Å². The van der Waals surface area contributed by atoms with Crippen LogP contribution in [0.15, 0.2) is 0 Å². The normalized spacial score (nSPS) is 5.25. The molecule has 0 atom stereocenters. The Morgan fingerprint density at radius 2 is 2.25 bits per heavy atom. The Kier molecular flexibility index (Phi) is 4.38. The van der Waals surface area contributed by atoms with Gasteiger partial charge in [0.2, 0.25) is 0 Å². The second-order valence-electron chi connectivity index (χ2n) is 0.354. The van der Waals surface area contributed by atoms with Gasteiger partial charge in [0, 0.05) is 0 Å². The van der Waals surface area contributed by atoms with Gasteiger partial charge in [-0.15, -0.1) is 0 Å². The van der Waals surface area contributed by atoms with Gasteiger partial charge >= 0.3 is 32.5 Å². The molecule has 0 nitrogen and oxygen atoms in total. The van der Waals surface area contributed by atoms with Crippen molar-refractivity contribution in [2.75, 3.05) is 6.26 Å². The predicted molar refractivity (Wildman–Crippen MR) is 27.6 cm³/mol. The molecule has 0 aromatic carbocycles. The van der Waals surface area contributed by atoms with Gasteiger partial charge in [-0.1, -0.05) is 0 Å². The Labute approximate surface area is 33.3 Å². The standard InChI is InChI=1S/CH4BPS/c1-4-2-3/h3H,1H3. The van der Waals surface area contributed by atoms with Crippen molar-refractivity contribution in [2.24, 2.45) is 0 Å². The van der Waals surface area contributed by atoms with Gasteiger partial charge in [-0.3, -0.25) is 0 Å². The first-order valence-electron chi connectivity index (χ1n) is 0.933. The van der Waals surface area contributed by atoms with Crippen molar-refractivity contribution >= 4 is 26.2 Å². The summed E-state index contributed by atoms with van der Waals surface area (Å²) in [6.07, 6.45) is 1.99. The molecule has 0 bridgehead atoms. The van der Waals surface area contributed by atoms with Crippen molar-refractivity contribution in [3.63, 3.8) is 0 Å². The van der Waals surface area contributed by atoms with Crippen molar-refractivity contribution in [3.8, 4) is 0 Å². The molecule has 0 unspecified atom stereocenters. The van der Waals surface area contributed by atoms with Crippen LogP contribution in [0.2, 0.25) is 0 Å². The van der Waals surface area contributed by atoms with E-state index in [1.165, 1.54) is 0 Å². The molecule has 22 valence electrons. The molecule has 0 rings (SSSR count). The summed E-state index contributed by atoms with van der Waals surface area (Å²) < 4.78 is 0. The first-order valence-corrected chi connectivity index (χ1v) is 2.80. The van der Waals surface area contributed by atoms with Crippen LogP contribution < -0.4 is 0 Å². The van der Waals surface area contributed by atoms with Gasteiger partial charge in [-0.2, -0.15) is 0 Å². The molecule has 0 aromatic heterocycles. The minimum atomic E-state index is 1.65. The van der Waals surface area contributed by atoms with Crippen molar-refractivity contribution in [1.82, 2.24) is 0 Å². The third kappa shape index (κ3) is 2.71. The molecule has 0 N–H and O–H groups in total. The van der Waals surface area contributed by atoms with E-state index in [-0.39, 0.29) is 0 Å². The van der Waals surface area contributed by atoms with Crippen molar-refractivity contribution in [2.45, 2.75) is 0 Å². The quantitative estimate of drug-likeness (QED) is 0.342. The number of hydrogen-bond acceptors (Lipinski definition) is 1. The fraction of sp³-hybridized carbons (Fsp3) is 1.00. The van der Waals surface area contributed by atoms with Crippen LogP contribution in [-0.2, 0) is 0 Å². The Balaban J connectivity index is 2.30. The zero-order chi connectivity index (χ0) is 3.41.